The van der Waals surface area contributed by atoms with Gasteiger partial charge in [0, 0.05) is 23.6 Å². The molecular weight excluding hydrogens is 316 g/mol. The van der Waals surface area contributed by atoms with Crippen LogP contribution >= 0.6 is 0 Å². The van der Waals surface area contributed by atoms with Crippen molar-refractivity contribution in [3.63, 3.8) is 0 Å². The molecule has 1 amide bonds. The molecule has 1 aliphatic carbocycles. The Morgan fingerprint density at radius 3 is 2.88 bits per heavy atom. The second-order valence-electron chi connectivity index (χ2n) is 6.71. The van der Waals surface area contributed by atoms with E-state index in [0.29, 0.717) is 11.4 Å². The summed E-state index contributed by atoms with van der Waals surface area (Å²) in [5.41, 5.74) is 3.23. The summed E-state index contributed by atoms with van der Waals surface area (Å²) in [6.07, 6.45) is 6.27. The third-order valence-electron chi connectivity index (χ3n) is 4.74. The quantitative estimate of drug-likeness (QED) is 0.798. The summed E-state index contributed by atoms with van der Waals surface area (Å²) < 4.78 is 3.12. The normalized spacial score (nSPS) is 16.6. The number of amides is 1. The summed E-state index contributed by atoms with van der Waals surface area (Å²) in [7, 11) is 0. The Bertz CT molecular complexity index is 988. The van der Waals surface area contributed by atoms with Crippen molar-refractivity contribution in [2.45, 2.75) is 32.7 Å². The molecule has 1 aromatic carbocycles. The maximum atomic E-state index is 12.9. The second kappa shape index (κ2) is 6.20. The van der Waals surface area contributed by atoms with E-state index in [1.807, 2.05) is 30.3 Å². The molecule has 1 atom stereocenters. The molecule has 4 rings (SSSR count). The zero-order chi connectivity index (χ0) is 17.4. The number of carbonyl (C=O) groups excluding carboxylic acids is 1. The lowest BCUT2D eigenvalue weighted by Crippen LogP contribution is -2.28. The third kappa shape index (κ3) is 2.95. The zero-order valence-electron chi connectivity index (χ0n) is 14.1. The van der Waals surface area contributed by atoms with Gasteiger partial charge in [-0.3, -0.25) is 9.59 Å². The van der Waals surface area contributed by atoms with Crippen LogP contribution in [0.5, 0.6) is 0 Å². The van der Waals surface area contributed by atoms with E-state index in [4.69, 9.17) is 0 Å². The van der Waals surface area contributed by atoms with Crippen LogP contribution < -0.4 is 10.9 Å². The number of aryl methyl sites for hydroxylation is 1. The standard InChI is InChI=1S/C19H20N4O2/c1-13-7-8-16-15(11-13)18-19(25)22(9-10-23(18)21-16)12-17(24)20-14-5-3-2-4-6-14/h2-6,9-10,13H,7-8,11-12H2,1H3,(H,20,24)/t13-/m0/s1. The highest BCUT2D eigenvalue weighted by molar-refractivity contribution is 5.90. The van der Waals surface area contributed by atoms with Gasteiger partial charge in [-0.25, -0.2) is 4.52 Å². The first-order valence-corrected chi connectivity index (χ1v) is 8.56. The highest BCUT2D eigenvalue weighted by atomic mass is 16.2. The van der Waals surface area contributed by atoms with Gasteiger partial charge in [0.05, 0.1) is 5.69 Å². The van der Waals surface area contributed by atoms with Crippen molar-refractivity contribution in [1.82, 2.24) is 14.2 Å². The van der Waals surface area contributed by atoms with Crippen molar-refractivity contribution in [3.05, 3.63) is 64.3 Å². The summed E-state index contributed by atoms with van der Waals surface area (Å²) in [5, 5.41) is 7.35. The van der Waals surface area contributed by atoms with E-state index in [1.54, 1.807) is 16.9 Å². The molecule has 2 heterocycles. The van der Waals surface area contributed by atoms with Crippen LogP contribution in [-0.4, -0.2) is 20.1 Å². The fourth-order valence-corrected chi connectivity index (χ4v) is 3.45. The number of para-hydroxylation sites is 1. The molecule has 0 radical (unpaired) electrons. The van der Waals surface area contributed by atoms with E-state index in [0.717, 1.165) is 36.2 Å². The summed E-state index contributed by atoms with van der Waals surface area (Å²) in [5.74, 6) is 0.328. The molecular formula is C19H20N4O2. The van der Waals surface area contributed by atoms with Crippen LogP contribution in [0.2, 0.25) is 0 Å². The van der Waals surface area contributed by atoms with Crippen molar-refractivity contribution >= 4 is 17.1 Å². The van der Waals surface area contributed by atoms with Gasteiger partial charge in [-0.05, 0) is 37.3 Å². The van der Waals surface area contributed by atoms with Crippen molar-refractivity contribution in [1.29, 1.82) is 0 Å². The van der Waals surface area contributed by atoms with Gasteiger partial charge in [0.1, 0.15) is 12.1 Å². The van der Waals surface area contributed by atoms with E-state index in [1.165, 1.54) is 4.57 Å². The Balaban J connectivity index is 1.64. The molecule has 6 heteroatoms. The zero-order valence-corrected chi connectivity index (χ0v) is 14.1. The largest absolute Gasteiger partial charge is 0.325 e. The number of benzene rings is 1. The smallest absolute Gasteiger partial charge is 0.277 e. The lowest BCUT2D eigenvalue weighted by Gasteiger charge is -2.16. The van der Waals surface area contributed by atoms with Gasteiger partial charge in [0.15, 0.2) is 0 Å². The fourth-order valence-electron chi connectivity index (χ4n) is 3.45. The van der Waals surface area contributed by atoms with E-state index in [2.05, 4.69) is 17.3 Å². The summed E-state index contributed by atoms with van der Waals surface area (Å²) >= 11 is 0. The minimum atomic E-state index is -0.223. The lowest BCUT2D eigenvalue weighted by molar-refractivity contribution is -0.116. The Morgan fingerprint density at radius 1 is 1.28 bits per heavy atom. The Labute approximate surface area is 145 Å². The van der Waals surface area contributed by atoms with Crippen LogP contribution in [0, 0.1) is 5.92 Å². The minimum Gasteiger partial charge on any atom is -0.325 e. The molecule has 25 heavy (non-hydrogen) atoms. The molecule has 1 N–H and O–H groups in total. The van der Waals surface area contributed by atoms with Gasteiger partial charge in [-0.2, -0.15) is 5.10 Å². The molecule has 128 valence electrons. The van der Waals surface area contributed by atoms with Crippen LogP contribution in [-0.2, 0) is 24.2 Å². The average Bonchev–Trinajstić information content (AvgIpc) is 2.96. The van der Waals surface area contributed by atoms with Crippen LogP contribution in [0.15, 0.2) is 47.5 Å². The van der Waals surface area contributed by atoms with Crippen LogP contribution in [0.3, 0.4) is 0 Å². The second-order valence-corrected chi connectivity index (χ2v) is 6.71. The SMILES string of the molecule is C[C@H]1CCc2nn3ccn(CC(=O)Nc4ccccc4)c(=O)c3c2C1. The molecule has 6 nitrogen and oxygen atoms in total. The molecule has 2 aromatic heterocycles. The fraction of sp³-hybridized carbons (Fsp3) is 0.316. The van der Waals surface area contributed by atoms with Gasteiger partial charge in [-0.1, -0.05) is 25.1 Å². The van der Waals surface area contributed by atoms with E-state index in [9.17, 15) is 9.59 Å². The van der Waals surface area contributed by atoms with Gasteiger partial charge in [0.2, 0.25) is 5.91 Å². The maximum Gasteiger partial charge on any atom is 0.277 e. The minimum absolute atomic E-state index is 0.0142. The summed E-state index contributed by atoms with van der Waals surface area (Å²) in [4.78, 5) is 25.1. The first kappa shape index (κ1) is 15.6. The number of hydrogen-bond donors (Lipinski definition) is 1. The molecule has 3 aromatic rings. The highest BCUT2D eigenvalue weighted by Crippen LogP contribution is 2.26. The van der Waals surface area contributed by atoms with Gasteiger partial charge in [-0.15, -0.1) is 0 Å². The monoisotopic (exact) mass is 336 g/mol. The van der Waals surface area contributed by atoms with Crippen LogP contribution in [0.25, 0.3) is 5.52 Å². The van der Waals surface area contributed by atoms with Crippen molar-refractivity contribution in [3.8, 4) is 0 Å². The van der Waals surface area contributed by atoms with Crippen molar-refractivity contribution in [2.24, 2.45) is 5.92 Å². The molecule has 0 unspecified atom stereocenters. The number of fused-ring (bicyclic) bond motifs is 3. The molecule has 0 bridgehead atoms. The number of carbonyl (C=O) groups is 1. The Morgan fingerprint density at radius 2 is 2.08 bits per heavy atom. The maximum absolute atomic E-state index is 12.9. The van der Waals surface area contributed by atoms with Gasteiger partial charge >= 0.3 is 0 Å². The Kier molecular flexibility index (Phi) is 3.87. The topological polar surface area (TPSA) is 68.4 Å². The number of nitrogens with zero attached hydrogens (tertiary/aromatic N) is 3. The first-order valence-electron chi connectivity index (χ1n) is 8.56. The molecule has 1 aliphatic rings. The lowest BCUT2D eigenvalue weighted by atomic mass is 9.88. The molecule has 0 fully saturated rings. The predicted octanol–water partition coefficient (Wildman–Crippen LogP) is 2.26. The van der Waals surface area contributed by atoms with Crippen LogP contribution in [0.4, 0.5) is 5.69 Å². The molecule has 0 aliphatic heterocycles. The number of aromatic nitrogens is 3. The molecule has 0 saturated carbocycles. The van der Waals surface area contributed by atoms with Crippen molar-refractivity contribution < 1.29 is 4.79 Å². The van der Waals surface area contributed by atoms with Gasteiger partial charge < -0.3 is 9.88 Å². The summed E-state index contributed by atoms with van der Waals surface area (Å²) in [6, 6.07) is 9.23. The molecule has 0 spiro atoms. The highest BCUT2D eigenvalue weighted by Gasteiger charge is 2.23. The van der Waals surface area contributed by atoms with Gasteiger partial charge in [0.25, 0.3) is 5.56 Å². The van der Waals surface area contributed by atoms with Crippen LogP contribution in [0.1, 0.15) is 24.6 Å². The number of hydrogen-bond acceptors (Lipinski definition) is 3. The molecule has 0 saturated heterocycles. The Hall–Kier alpha value is -2.89. The van der Waals surface area contributed by atoms with E-state index >= 15 is 0 Å². The van der Waals surface area contributed by atoms with Crippen molar-refractivity contribution in [2.75, 3.05) is 5.32 Å². The average molecular weight is 336 g/mol. The number of anilines is 1. The first-order chi connectivity index (χ1) is 12.1. The van der Waals surface area contributed by atoms with E-state index in [-0.39, 0.29) is 18.0 Å². The number of rotatable bonds is 3. The number of nitrogens with one attached hydrogen (secondary N) is 1. The predicted molar refractivity (Wildman–Crippen MR) is 95.7 cm³/mol. The van der Waals surface area contributed by atoms with E-state index < -0.39 is 0 Å². The summed E-state index contributed by atoms with van der Waals surface area (Å²) in [6.45, 7) is 2.18. The third-order valence-corrected chi connectivity index (χ3v) is 4.74.